The third kappa shape index (κ3) is 3.10. The zero-order valence-electron chi connectivity index (χ0n) is 10.8. The quantitative estimate of drug-likeness (QED) is 0.857. The smallest absolute Gasteiger partial charge is 0.223 e. The Morgan fingerprint density at radius 2 is 2.11 bits per heavy atom. The Morgan fingerprint density at radius 3 is 2.72 bits per heavy atom. The van der Waals surface area contributed by atoms with Crippen molar-refractivity contribution in [1.29, 1.82) is 0 Å². The summed E-state index contributed by atoms with van der Waals surface area (Å²) in [4.78, 5) is 12.0. The highest BCUT2D eigenvalue weighted by Gasteiger charge is 2.29. The van der Waals surface area contributed by atoms with E-state index in [-0.39, 0.29) is 11.8 Å². The fourth-order valence-corrected chi connectivity index (χ4v) is 2.66. The molecule has 98 valence electrons. The molecule has 0 heterocycles. The maximum Gasteiger partial charge on any atom is 0.223 e. The third-order valence-electron chi connectivity index (χ3n) is 3.85. The normalized spacial score (nSPS) is 24.8. The molecule has 2 rings (SSSR count). The molecule has 1 fully saturated rings. The highest BCUT2D eigenvalue weighted by atomic mass is 16.3. The molecule has 0 radical (unpaired) electrons. The molecule has 1 aliphatic carbocycles. The summed E-state index contributed by atoms with van der Waals surface area (Å²) in [7, 11) is 0. The van der Waals surface area contributed by atoms with Crippen LogP contribution in [0.5, 0.6) is 0 Å². The number of nitrogens with one attached hydrogen (secondary N) is 1. The predicted octanol–water partition coefficient (Wildman–Crippen LogP) is 2.27. The van der Waals surface area contributed by atoms with E-state index < -0.39 is 6.10 Å². The van der Waals surface area contributed by atoms with Crippen LogP contribution in [-0.2, 0) is 4.79 Å². The van der Waals surface area contributed by atoms with Gasteiger partial charge in [-0.1, -0.05) is 43.7 Å². The van der Waals surface area contributed by atoms with Crippen LogP contribution in [0.1, 0.15) is 37.9 Å². The largest absolute Gasteiger partial charge is 0.387 e. The van der Waals surface area contributed by atoms with Gasteiger partial charge >= 0.3 is 0 Å². The van der Waals surface area contributed by atoms with Crippen molar-refractivity contribution in [1.82, 2.24) is 5.32 Å². The minimum Gasteiger partial charge on any atom is -0.387 e. The number of carbonyl (C=O) groups excluding carboxylic acids is 1. The first-order chi connectivity index (χ1) is 8.68. The fraction of sp³-hybridized carbons (Fsp3) is 0.533. The molecule has 0 aromatic heterocycles. The molecule has 0 aliphatic heterocycles. The van der Waals surface area contributed by atoms with Crippen LogP contribution in [0.4, 0.5) is 0 Å². The van der Waals surface area contributed by atoms with Crippen LogP contribution in [0.2, 0.25) is 0 Å². The van der Waals surface area contributed by atoms with Gasteiger partial charge in [-0.25, -0.2) is 0 Å². The lowest BCUT2D eigenvalue weighted by atomic mass is 9.97. The van der Waals surface area contributed by atoms with E-state index in [9.17, 15) is 9.90 Å². The topological polar surface area (TPSA) is 49.3 Å². The van der Waals surface area contributed by atoms with Gasteiger partial charge in [0.1, 0.15) is 0 Å². The Kier molecular flexibility index (Phi) is 4.37. The Bertz CT molecular complexity index is 391. The van der Waals surface area contributed by atoms with Crippen molar-refractivity contribution >= 4 is 5.91 Å². The standard InChI is InChI=1S/C15H21NO2/c1-11-6-5-9-13(11)15(18)16-10-14(17)12-7-3-2-4-8-12/h2-4,7-8,11,13-14,17H,5-6,9-10H2,1H3,(H,16,18). The summed E-state index contributed by atoms with van der Waals surface area (Å²) in [6, 6.07) is 9.43. The summed E-state index contributed by atoms with van der Waals surface area (Å²) >= 11 is 0. The molecule has 3 atom stereocenters. The molecule has 18 heavy (non-hydrogen) atoms. The summed E-state index contributed by atoms with van der Waals surface area (Å²) in [5.74, 6) is 0.696. The molecule has 3 unspecified atom stereocenters. The zero-order chi connectivity index (χ0) is 13.0. The van der Waals surface area contributed by atoms with E-state index in [0.717, 1.165) is 24.8 Å². The van der Waals surface area contributed by atoms with Gasteiger partial charge in [-0.15, -0.1) is 0 Å². The summed E-state index contributed by atoms with van der Waals surface area (Å²) in [5, 5.41) is 12.8. The van der Waals surface area contributed by atoms with Gasteiger partial charge < -0.3 is 10.4 Å². The molecular formula is C15H21NO2. The molecule has 1 saturated carbocycles. The molecule has 3 nitrogen and oxygen atoms in total. The van der Waals surface area contributed by atoms with E-state index >= 15 is 0 Å². The van der Waals surface area contributed by atoms with Crippen molar-refractivity contribution in [3.05, 3.63) is 35.9 Å². The Balaban J connectivity index is 1.83. The maximum atomic E-state index is 12.0. The minimum atomic E-state index is -0.619. The molecule has 0 spiro atoms. The molecule has 0 bridgehead atoms. The van der Waals surface area contributed by atoms with E-state index in [0.29, 0.717) is 12.5 Å². The van der Waals surface area contributed by atoms with Crippen molar-refractivity contribution in [2.75, 3.05) is 6.54 Å². The van der Waals surface area contributed by atoms with Crippen LogP contribution in [-0.4, -0.2) is 17.6 Å². The van der Waals surface area contributed by atoms with Crippen LogP contribution in [0.25, 0.3) is 0 Å². The minimum absolute atomic E-state index is 0.0926. The number of amides is 1. The maximum absolute atomic E-state index is 12.0. The van der Waals surface area contributed by atoms with Crippen LogP contribution < -0.4 is 5.32 Å². The van der Waals surface area contributed by atoms with Crippen molar-refractivity contribution in [2.45, 2.75) is 32.3 Å². The zero-order valence-corrected chi connectivity index (χ0v) is 10.8. The second-order valence-corrected chi connectivity index (χ2v) is 5.19. The fourth-order valence-electron chi connectivity index (χ4n) is 2.66. The number of rotatable bonds is 4. The van der Waals surface area contributed by atoms with Crippen molar-refractivity contribution in [3.63, 3.8) is 0 Å². The van der Waals surface area contributed by atoms with Gasteiger partial charge in [0.25, 0.3) is 0 Å². The SMILES string of the molecule is CC1CCCC1C(=O)NCC(O)c1ccccc1. The Morgan fingerprint density at radius 1 is 1.39 bits per heavy atom. The van der Waals surface area contributed by atoms with Crippen LogP contribution >= 0.6 is 0 Å². The molecule has 1 aromatic rings. The molecule has 3 heteroatoms. The van der Waals surface area contributed by atoms with Crippen LogP contribution in [0.3, 0.4) is 0 Å². The van der Waals surface area contributed by atoms with Crippen molar-refractivity contribution in [2.24, 2.45) is 11.8 Å². The van der Waals surface area contributed by atoms with E-state index in [4.69, 9.17) is 0 Å². The summed E-state index contributed by atoms with van der Waals surface area (Å²) in [6.07, 6.45) is 2.64. The van der Waals surface area contributed by atoms with E-state index in [1.165, 1.54) is 0 Å². The lowest BCUT2D eigenvalue weighted by Crippen LogP contribution is -2.34. The van der Waals surface area contributed by atoms with E-state index in [1.807, 2.05) is 30.3 Å². The van der Waals surface area contributed by atoms with Crippen LogP contribution in [0.15, 0.2) is 30.3 Å². The summed E-state index contributed by atoms with van der Waals surface area (Å²) in [6.45, 7) is 2.43. The van der Waals surface area contributed by atoms with E-state index in [2.05, 4.69) is 12.2 Å². The van der Waals surface area contributed by atoms with Crippen molar-refractivity contribution < 1.29 is 9.90 Å². The third-order valence-corrected chi connectivity index (χ3v) is 3.85. The van der Waals surface area contributed by atoms with Gasteiger partial charge in [-0.05, 0) is 24.3 Å². The first-order valence-electron chi connectivity index (χ1n) is 6.69. The van der Waals surface area contributed by atoms with Crippen LogP contribution in [0, 0.1) is 11.8 Å². The Hall–Kier alpha value is -1.35. The molecular weight excluding hydrogens is 226 g/mol. The molecule has 1 aliphatic rings. The average molecular weight is 247 g/mol. The second-order valence-electron chi connectivity index (χ2n) is 5.19. The number of hydrogen-bond donors (Lipinski definition) is 2. The number of hydrogen-bond acceptors (Lipinski definition) is 2. The van der Waals surface area contributed by atoms with E-state index in [1.54, 1.807) is 0 Å². The molecule has 0 saturated heterocycles. The average Bonchev–Trinajstić information content (AvgIpc) is 2.83. The number of aliphatic hydroxyl groups is 1. The van der Waals surface area contributed by atoms with Gasteiger partial charge in [0, 0.05) is 12.5 Å². The molecule has 1 amide bonds. The number of aliphatic hydroxyl groups excluding tert-OH is 1. The second kappa shape index (κ2) is 6.01. The lowest BCUT2D eigenvalue weighted by molar-refractivity contribution is -0.126. The van der Waals surface area contributed by atoms with Gasteiger partial charge in [-0.2, -0.15) is 0 Å². The summed E-state index contributed by atoms with van der Waals surface area (Å²) in [5.41, 5.74) is 0.845. The van der Waals surface area contributed by atoms with Crippen molar-refractivity contribution in [3.8, 4) is 0 Å². The predicted molar refractivity (Wildman–Crippen MR) is 70.9 cm³/mol. The molecule has 2 N–H and O–H groups in total. The lowest BCUT2D eigenvalue weighted by Gasteiger charge is -2.17. The van der Waals surface area contributed by atoms with Gasteiger partial charge in [0.15, 0.2) is 0 Å². The monoisotopic (exact) mass is 247 g/mol. The highest BCUT2D eigenvalue weighted by molar-refractivity contribution is 5.79. The number of benzene rings is 1. The summed E-state index contributed by atoms with van der Waals surface area (Å²) < 4.78 is 0. The molecule has 1 aromatic carbocycles. The number of carbonyl (C=O) groups is 1. The highest BCUT2D eigenvalue weighted by Crippen LogP contribution is 2.31. The Labute approximate surface area is 108 Å². The van der Waals surface area contributed by atoms with Gasteiger partial charge in [0.05, 0.1) is 6.10 Å². The van der Waals surface area contributed by atoms with Gasteiger partial charge in [-0.3, -0.25) is 4.79 Å². The first-order valence-corrected chi connectivity index (χ1v) is 6.69. The first kappa shape index (κ1) is 13.1. The van der Waals surface area contributed by atoms with Gasteiger partial charge in [0.2, 0.25) is 5.91 Å².